The molecule has 2 aromatic rings. The van der Waals surface area contributed by atoms with Crippen LogP contribution in [0.3, 0.4) is 0 Å². The molecule has 0 bridgehead atoms. The fourth-order valence-corrected chi connectivity index (χ4v) is 1.72. The molecule has 0 aliphatic heterocycles. The quantitative estimate of drug-likeness (QED) is 0.917. The van der Waals surface area contributed by atoms with Gasteiger partial charge in [0.2, 0.25) is 0 Å². The van der Waals surface area contributed by atoms with Crippen molar-refractivity contribution in [3.8, 4) is 5.75 Å². The van der Waals surface area contributed by atoms with Gasteiger partial charge in [-0.25, -0.2) is 4.39 Å². The van der Waals surface area contributed by atoms with Crippen molar-refractivity contribution in [3.63, 3.8) is 0 Å². The van der Waals surface area contributed by atoms with E-state index in [0.29, 0.717) is 16.3 Å². The number of aliphatic hydroxyl groups excluding tert-OH is 1. The highest BCUT2D eigenvalue weighted by molar-refractivity contribution is 6.31. The monoisotopic (exact) mass is 266 g/mol. The third-order valence-electron chi connectivity index (χ3n) is 2.48. The standard InChI is InChI=1S/C14H12ClFO2/c15-14-5-4-12(16)7-11(14)9-18-13-3-1-2-10(6-13)8-17/h1-7,17H,8-9H2. The maximum absolute atomic E-state index is 13.0. The van der Waals surface area contributed by atoms with Crippen molar-refractivity contribution >= 4 is 11.6 Å². The Morgan fingerprint density at radius 2 is 2.00 bits per heavy atom. The van der Waals surface area contributed by atoms with Crippen molar-refractivity contribution in [2.45, 2.75) is 13.2 Å². The Balaban J connectivity index is 2.08. The van der Waals surface area contributed by atoms with Crippen LogP contribution in [0, 0.1) is 5.82 Å². The van der Waals surface area contributed by atoms with Crippen LogP contribution in [0.25, 0.3) is 0 Å². The molecule has 2 aromatic carbocycles. The number of ether oxygens (including phenoxy) is 1. The molecule has 0 atom stereocenters. The molecule has 0 spiro atoms. The van der Waals surface area contributed by atoms with Crippen LogP contribution in [0.5, 0.6) is 5.75 Å². The Kier molecular flexibility index (Phi) is 4.18. The third-order valence-corrected chi connectivity index (χ3v) is 2.85. The third kappa shape index (κ3) is 3.22. The zero-order chi connectivity index (χ0) is 13.0. The first-order chi connectivity index (χ1) is 8.69. The Labute approximate surface area is 110 Å². The van der Waals surface area contributed by atoms with Crippen molar-refractivity contribution < 1.29 is 14.2 Å². The average molecular weight is 267 g/mol. The minimum Gasteiger partial charge on any atom is -0.489 e. The van der Waals surface area contributed by atoms with E-state index in [1.807, 2.05) is 0 Å². The summed E-state index contributed by atoms with van der Waals surface area (Å²) in [6.07, 6.45) is 0. The topological polar surface area (TPSA) is 29.5 Å². The number of aliphatic hydroxyl groups is 1. The molecule has 2 rings (SSSR count). The summed E-state index contributed by atoms with van der Waals surface area (Å²) in [6, 6.07) is 11.2. The lowest BCUT2D eigenvalue weighted by Crippen LogP contribution is -1.97. The van der Waals surface area contributed by atoms with Gasteiger partial charge in [0.1, 0.15) is 18.2 Å². The second-order valence-corrected chi connectivity index (χ2v) is 4.24. The fraction of sp³-hybridized carbons (Fsp3) is 0.143. The molecule has 0 aliphatic carbocycles. The van der Waals surface area contributed by atoms with E-state index < -0.39 is 0 Å². The van der Waals surface area contributed by atoms with Crippen LogP contribution in [-0.4, -0.2) is 5.11 Å². The second-order valence-electron chi connectivity index (χ2n) is 3.83. The minimum absolute atomic E-state index is 0.0437. The summed E-state index contributed by atoms with van der Waals surface area (Å²) in [4.78, 5) is 0. The van der Waals surface area contributed by atoms with E-state index in [1.165, 1.54) is 18.2 Å². The lowest BCUT2D eigenvalue weighted by Gasteiger charge is -2.08. The number of halogens is 2. The van der Waals surface area contributed by atoms with Gasteiger partial charge in [-0.3, -0.25) is 0 Å². The van der Waals surface area contributed by atoms with Crippen molar-refractivity contribution in [2.75, 3.05) is 0 Å². The van der Waals surface area contributed by atoms with Gasteiger partial charge in [0, 0.05) is 10.6 Å². The van der Waals surface area contributed by atoms with Crippen LogP contribution < -0.4 is 4.74 Å². The van der Waals surface area contributed by atoms with Crippen molar-refractivity contribution in [1.82, 2.24) is 0 Å². The first-order valence-electron chi connectivity index (χ1n) is 5.45. The second kappa shape index (κ2) is 5.85. The molecule has 0 saturated carbocycles. The van der Waals surface area contributed by atoms with Gasteiger partial charge in [-0.1, -0.05) is 23.7 Å². The molecule has 1 N–H and O–H groups in total. The summed E-state index contributed by atoms with van der Waals surface area (Å²) >= 11 is 5.93. The lowest BCUT2D eigenvalue weighted by atomic mass is 10.2. The average Bonchev–Trinajstić information content (AvgIpc) is 2.40. The molecule has 0 radical (unpaired) electrons. The van der Waals surface area contributed by atoms with Crippen LogP contribution in [0.2, 0.25) is 5.02 Å². The van der Waals surface area contributed by atoms with E-state index in [2.05, 4.69) is 0 Å². The summed E-state index contributed by atoms with van der Waals surface area (Å²) in [5.74, 6) is 0.268. The van der Waals surface area contributed by atoms with Crippen molar-refractivity contribution in [1.29, 1.82) is 0 Å². The molecule has 0 fully saturated rings. The SMILES string of the molecule is OCc1cccc(OCc2cc(F)ccc2Cl)c1. The molecule has 4 heteroatoms. The Hall–Kier alpha value is -1.58. The molecular weight excluding hydrogens is 255 g/mol. The van der Waals surface area contributed by atoms with E-state index in [0.717, 1.165) is 5.56 Å². The van der Waals surface area contributed by atoms with Gasteiger partial charge < -0.3 is 9.84 Å². The van der Waals surface area contributed by atoms with Crippen LogP contribution >= 0.6 is 11.6 Å². The van der Waals surface area contributed by atoms with Crippen LogP contribution in [0.1, 0.15) is 11.1 Å². The first-order valence-corrected chi connectivity index (χ1v) is 5.83. The van der Waals surface area contributed by atoms with Gasteiger partial charge in [0.25, 0.3) is 0 Å². The summed E-state index contributed by atoms with van der Waals surface area (Å²) in [7, 11) is 0. The molecule has 94 valence electrons. The number of hydrogen-bond donors (Lipinski definition) is 1. The van der Waals surface area contributed by atoms with Gasteiger partial charge in [-0.2, -0.15) is 0 Å². The molecule has 0 heterocycles. The van der Waals surface area contributed by atoms with Crippen LogP contribution in [-0.2, 0) is 13.2 Å². The number of hydrogen-bond acceptors (Lipinski definition) is 2. The Morgan fingerprint density at radius 1 is 1.17 bits per heavy atom. The van der Waals surface area contributed by atoms with Gasteiger partial charge in [0.05, 0.1) is 6.61 Å². The van der Waals surface area contributed by atoms with Gasteiger partial charge in [-0.05, 0) is 35.9 Å². The molecule has 0 aliphatic rings. The maximum Gasteiger partial charge on any atom is 0.123 e. The fourth-order valence-electron chi connectivity index (χ4n) is 1.55. The van der Waals surface area contributed by atoms with E-state index >= 15 is 0 Å². The molecule has 0 saturated heterocycles. The van der Waals surface area contributed by atoms with Gasteiger partial charge in [0.15, 0.2) is 0 Å². The zero-order valence-corrected chi connectivity index (χ0v) is 10.3. The van der Waals surface area contributed by atoms with E-state index in [-0.39, 0.29) is 19.0 Å². The van der Waals surface area contributed by atoms with E-state index in [4.69, 9.17) is 21.4 Å². The van der Waals surface area contributed by atoms with Gasteiger partial charge >= 0.3 is 0 Å². The first kappa shape index (κ1) is 12.9. The highest BCUT2D eigenvalue weighted by Gasteiger charge is 2.03. The number of benzene rings is 2. The van der Waals surface area contributed by atoms with Crippen molar-refractivity contribution in [3.05, 3.63) is 64.4 Å². The Morgan fingerprint density at radius 3 is 2.78 bits per heavy atom. The Bertz CT molecular complexity index is 543. The largest absolute Gasteiger partial charge is 0.489 e. The highest BCUT2D eigenvalue weighted by Crippen LogP contribution is 2.20. The summed E-state index contributed by atoms with van der Waals surface area (Å²) in [6.45, 7) is 0.142. The van der Waals surface area contributed by atoms with Crippen LogP contribution in [0.15, 0.2) is 42.5 Å². The molecule has 2 nitrogen and oxygen atoms in total. The predicted octanol–water partition coefficient (Wildman–Crippen LogP) is 3.55. The summed E-state index contributed by atoms with van der Waals surface area (Å²) in [5, 5.41) is 9.47. The smallest absolute Gasteiger partial charge is 0.123 e. The molecular formula is C14H12ClFO2. The molecule has 18 heavy (non-hydrogen) atoms. The molecule has 0 amide bonds. The molecule has 0 aromatic heterocycles. The highest BCUT2D eigenvalue weighted by atomic mass is 35.5. The lowest BCUT2D eigenvalue weighted by molar-refractivity contribution is 0.278. The normalized spacial score (nSPS) is 10.4. The van der Waals surface area contributed by atoms with Gasteiger partial charge in [-0.15, -0.1) is 0 Å². The zero-order valence-electron chi connectivity index (χ0n) is 9.57. The number of rotatable bonds is 4. The maximum atomic E-state index is 13.0. The predicted molar refractivity (Wildman–Crippen MR) is 68.1 cm³/mol. The van der Waals surface area contributed by atoms with E-state index in [1.54, 1.807) is 24.3 Å². The minimum atomic E-state index is -0.345. The van der Waals surface area contributed by atoms with E-state index in [9.17, 15) is 4.39 Å². The van der Waals surface area contributed by atoms with Crippen molar-refractivity contribution in [2.24, 2.45) is 0 Å². The van der Waals surface area contributed by atoms with Crippen LogP contribution in [0.4, 0.5) is 4.39 Å². The molecule has 0 unspecified atom stereocenters. The summed E-state index contributed by atoms with van der Waals surface area (Å²) < 4.78 is 18.6. The summed E-state index contributed by atoms with van der Waals surface area (Å²) in [5.41, 5.74) is 1.35.